The Balaban J connectivity index is 2.01. The van der Waals surface area contributed by atoms with Gasteiger partial charge in [-0.05, 0) is 51.6 Å². The van der Waals surface area contributed by atoms with Gasteiger partial charge in [0.1, 0.15) is 0 Å². The third-order valence-corrected chi connectivity index (χ3v) is 5.24. The number of ether oxygens (including phenoxy) is 1. The summed E-state index contributed by atoms with van der Waals surface area (Å²) in [6.45, 7) is 10.2. The van der Waals surface area contributed by atoms with E-state index in [4.69, 9.17) is 4.74 Å². The van der Waals surface area contributed by atoms with Crippen LogP contribution in [0, 0.1) is 13.8 Å². The molecule has 25 heavy (non-hydrogen) atoms. The van der Waals surface area contributed by atoms with Crippen LogP contribution in [-0.4, -0.2) is 28.6 Å². The smallest absolute Gasteiger partial charge is 0.340 e. The summed E-state index contributed by atoms with van der Waals surface area (Å²) in [6, 6.07) is 5.90. The molecule has 0 aliphatic heterocycles. The fourth-order valence-corrected chi connectivity index (χ4v) is 3.21. The van der Waals surface area contributed by atoms with Crippen molar-refractivity contribution in [1.29, 1.82) is 0 Å². The van der Waals surface area contributed by atoms with Gasteiger partial charge in [-0.3, -0.25) is 4.79 Å². The number of aryl methyl sites for hydroxylation is 1. The van der Waals surface area contributed by atoms with Crippen LogP contribution in [0.1, 0.15) is 53.8 Å². The summed E-state index contributed by atoms with van der Waals surface area (Å²) in [4.78, 5) is 25.5. The van der Waals surface area contributed by atoms with E-state index >= 15 is 0 Å². The van der Waals surface area contributed by atoms with Crippen LogP contribution in [0.5, 0.6) is 0 Å². The van der Waals surface area contributed by atoms with Crippen LogP contribution >= 0.6 is 11.3 Å². The molecule has 0 aromatic carbocycles. The number of nitrogens with zero attached hydrogens (tertiary/aromatic N) is 1. The maximum Gasteiger partial charge on any atom is 0.340 e. The van der Waals surface area contributed by atoms with Gasteiger partial charge in [0.2, 0.25) is 0 Å². The summed E-state index contributed by atoms with van der Waals surface area (Å²) >= 11 is 1.68. The van der Waals surface area contributed by atoms with Gasteiger partial charge in [0, 0.05) is 21.8 Å². The van der Waals surface area contributed by atoms with Crippen LogP contribution < -0.4 is 5.32 Å². The lowest BCUT2D eigenvalue weighted by atomic mass is 10.0. The first-order valence-corrected chi connectivity index (χ1v) is 9.28. The summed E-state index contributed by atoms with van der Waals surface area (Å²) in [6.07, 6.45) is 0.802. The van der Waals surface area contributed by atoms with Crippen LogP contribution in [0.25, 0.3) is 0 Å². The highest BCUT2D eigenvalue weighted by Crippen LogP contribution is 2.20. The number of hydrogen-bond acceptors (Lipinski definition) is 4. The van der Waals surface area contributed by atoms with E-state index < -0.39 is 5.97 Å². The summed E-state index contributed by atoms with van der Waals surface area (Å²) in [7, 11) is 0. The Morgan fingerprint density at radius 1 is 1.32 bits per heavy atom. The van der Waals surface area contributed by atoms with Crippen molar-refractivity contribution in [1.82, 2.24) is 9.88 Å². The molecular formula is C19H26N2O3S. The van der Waals surface area contributed by atoms with Crippen LogP contribution in [0.15, 0.2) is 23.6 Å². The highest BCUT2D eigenvalue weighted by molar-refractivity contribution is 7.09. The molecule has 0 aliphatic carbocycles. The first-order valence-electron chi connectivity index (χ1n) is 8.40. The van der Waals surface area contributed by atoms with Crippen molar-refractivity contribution in [2.75, 3.05) is 6.61 Å². The third-order valence-electron chi connectivity index (χ3n) is 4.38. The molecule has 0 radical (unpaired) electrons. The summed E-state index contributed by atoms with van der Waals surface area (Å²) < 4.78 is 7.29. The average molecular weight is 362 g/mol. The van der Waals surface area contributed by atoms with E-state index in [1.807, 2.05) is 52.1 Å². The molecule has 2 rings (SSSR count). The number of aromatic nitrogens is 1. The Morgan fingerprint density at radius 2 is 2.04 bits per heavy atom. The molecule has 2 aromatic heterocycles. The summed E-state index contributed by atoms with van der Waals surface area (Å²) in [5, 5.41) is 4.89. The van der Waals surface area contributed by atoms with Crippen LogP contribution in [-0.2, 0) is 16.1 Å². The number of hydrogen-bond donors (Lipinski definition) is 1. The van der Waals surface area contributed by atoms with E-state index in [1.165, 1.54) is 4.88 Å². The normalized spacial score (nSPS) is 11.4. The highest BCUT2D eigenvalue weighted by atomic mass is 32.1. The van der Waals surface area contributed by atoms with Crippen LogP contribution in [0.4, 0.5) is 0 Å². The minimum atomic E-state index is -0.463. The standard InChI is InChI=1S/C19H26N2O3S/c1-6-19(4,5)20-17(22)12-24-18(23)16-10-13(2)21(14(16)3)11-15-8-7-9-25-15/h7-10H,6,11-12H2,1-5H3,(H,20,22). The molecule has 6 heteroatoms. The molecular weight excluding hydrogens is 336 g/mol. The summed E-state index contributed by atoms with van der Waals surface area (Å²) in [5.74, 6) is -0.748. The Morgan fingerprint density at radius 3 is 2.64 bits per heavy atom. The van der Waals surface area contributed by atoms with Gasteiger partial charge in [-0.25, -0.2) is 4.79 Å². The minimum absolute atomic E-state index is 0.267. The Hall–Kier alpha value is -2.08. The molecule has 0 spiro atoms. The molecule has 0 fully saturated rings. The first kappa shape index (κ1) is 19.2. The second kappa shape index (κ2) is 7.87. The van der Waals surface area contributed by atoms with E-state index in [-0.39, 0.29) is 18.1 Å². The van der Waals surface area contributed by atoms with E-state index in [9.17, 15) is 9.59 Å². The van der Waals surface area contributed by atoms with Crippen molar-refractivity contribution in [2.45, 2.75) is 53.1 Å². The zero-order chi connectivity index (χ0) is 18.6. The monoisotopic (exact) mass is 362 g/mol. The van der Waals surface area contributed by atoms with Gasteiger partial charge in [-0.2, -0.15) is 0 Å². The predicted octanol–water partition coefficient (Wildman–Crippen LogP) is 3.68. The number of amides is 1. The van der Waals surface area contributed by atoms with Crippen molar-refractivity contribution in [3.05, 3.63) is 45.4 Å². The van der Waals surface area contributed by atoms with E-state index in [0.717, 1.165) is 24.4 Å². The molecule has 1 N–H and O–H groups in total. The van der Waals surface area contributed by atoms with Crippen molar-refractivity contribution < 1.29 is 14.3 Å². The first-order chi connectivity index (χ1) is 11.7. The zero-order valence-corrected chi connectivity index (χ0v) is 16.3. The maximum absolute atomic E-state index is 12.4. The van der Waals surface area contributed by atoms with Crippen molar-refractivity contribution in [3.8, 4) is 0 Å². The fourth-order valence-electron chi connectivity index (χ4n) is 2.52. The number of carbonyl (C=O) groups excluding carboxylic acids is 2. The molecule has 0 aliphatic rings. The molecule has 0 bridgehead atoms. The lowest BCUT2D eigenvalue weighted by Crippen LogP contribution is -2.44. The Kier molecular flexibility index (Phi) is 6.06. The third kappa shape index (κ3) is 4.95. The average Bonchev–Trinajstić information content (AvgIpc) is 3.16. The summed E-state index contributed by atoms with van der Waals surface area (Å²) in [5.41, 5.74) is 2.05. The zero-order valence-electron chi connectivity index (χ0n) is 15.5. The van der Waals surface area contributed by atoms with Crippen LogP contribution in [0.2, 0.25) is 0 Å². The Bertz CT molecular complexity index is 745. The van der Waals surface area contributed by atoms with Gasteiger partial charge in [0.25, 0.3) is 5.91 Å². The molecule has 0 saturated heterocycles. The molecule has 5 nitrogen and oxygen atoms in total. The van der Waals surface area contributed by atoms with E-state index in [1.54, 1.807) is 11.3 Å². The molecule has 0 atom stereocenters. The van der Waals surface area contributed by atoms with Gasteiger partial charge in [-0.15, -0.1) is 11.3 Å². The van der Waals surface area contributed by atoms with E-state index in [2.05, 4.69) is 16.0 Å². The SMILES string of the molecule is CCC(C)(C)NC(=O)COC(=O)c1cc(C)n(Cc2cccs2)c1C. The van der Waals surface area contributed by atoms with Crippen molar-refractivity contribution in [3.63, 3.8) is 0 Å². The lowest BCUT2D eigenvalue weighted by Gasteiger charge is -2.24. The number of carbonyl (C=O) groups is 2. The highest BCUT2D eigenvalue weighted by Gasteiger charge is 2.21. The quantitative estimate of drug-likeness (QED) is 0.765. The van der Waals surface area contributed by atoms with Gasteiger partial charge in [0.15, 0.2) is 6.61 Å². The minimum Gasteiger partial charge on any atom is -0.452 e. The molecule has 0 unspecified atom stereocenters. The van der Waals surface area contributed by atoms with Gasteiger partial charge >= 0.3 is 5.97 Å². The van der Waals surface area contributed by atoms with Crippen molar-refractivity contribution in [2.24, 2.45) is 0 Å². The molecule has 1 amide bonds. The van der Waals surface area contributed by atoms with Crippen LogP contribution in [0.3, 0.4) is 0 Å². The second-order valence-corrected chi connectivity index (χ2v) is 7.84. The molecule has 2 aromatic rings. The maximum atomic E-state index is 12.4. The van der Waals surface area contributed by atoms with Gasteiger partial charge in [-0.1, -0.05) is 13.0 Å². The number of rotatable bonds is 7. The largest absolute Gasteiger partial charge is 0.452 e. The second-order valence-electron chi connectivity index (χ2n) is 6.81. The van der Waals surface area contributed by atoms with Gasteiger partial charge in [0.05, 0.1) is 12.1 Å². The predicted molar refractivity (Wildman–Crippen MR) is 100 cm³/mol. The van der Waals surface area contributed by atoms with E-state index in [0.29, 0.717) is 5.56 Å². The fraction of sp³-hybridized carbons (Fsp3) is 0.474. The van der Waals surface area contributed by atoms with Gasteiger partial charge < -0.3 is 14.6 Å². The molecule has 136 valence electrons. The molecule has 2 heterocycles. The van der Waals surface area contributed by atoms with Crippen molar-refractivity contribution >= 4 is 23.2 Å². The number of nitrogens with one attached hydrogen (secondary N) is 1. The topological polar surface area (TPSA) is 60.3 Å². The lowest BCUT2D eigenvalue weighted by molar-refractivity contribution is -0.125. The Labute approximate surface area is 153 Å². The number of thiophene rings is 1. The molecule has 0 saturated carbocycles. The number of esters is 1.